The zero-order chi connectivity index (χ0) is 15.0. The third-order valence-corrected chi connectivity index (χ3v) is 4.21. The van der Waals surface area contributed by atoms with Crippen molar-refractivity contribution < 1.29 is 4.74 Å². The first-order chi connectivity index (χ1) is 10.1. The van der Waals surface area contributed by atoms with Gasteiger partial charge in [-0.25, -0.2) is 0 Å². The fourth-order valence-electron chi connectivity index (χ4n) is 2.95. The van der Waals surface area contributed by atoms with Crippen molar-refractivity contribution in [2.24, 2.45) is 0 Å². The molecule has 4 heteroatoms. The maximum atomic E-state index is 6.27. The fourth-order valence-corrected chi connectivity index (χ4v) is 3.49. The van der Waals surface area contributed by atoms with Gasteiger partial charge >= 0.3 is 0 Å². The van der Waals surface area contributed by atoms with Crippen LogP contribution in [0.2, 0.25) is 10.0 Å². The lowest BCUT2D eigenvalue weighted by Crippen LogP contribution is -2.18. The van der Waals surface area contributed by atoms with Crippen LogP contribution in [-0.4, -0.2) is 13.7 Å². The molecule has 1 N–H and O–H groups in total. The molecule has 3 rings (SSSR count). The van der Waals surface area contributed by atoms with E-state index in [0.717, 1.165) is 38.9 Å². The first kappa shape index (κ1) is 14.7. The number of fused-ring (bicyclic) bond motifs is 1. The average Bonchev–Trinajstić information content (AvgIpc) is 2.86. The molecule has 1 heterocycles. The molecule has 2 nitrogen and oxygen atoms in total. The lowest BCUT2D eigenvalue weighted by Gasteiger charge is -2.21. The molecular formula is C17H17Cl2NO. The number of halogens is 2. The predicted octanol–water partition coefficient (Wildman–Crippen LogP) is 4.55. The highest BCUT2D eigenvalue weighted by Crippen LogP contribution is 2.39. The Labute approximate surface area is 135 Å². The Kier molecular flexibility index (Phi) is 4.12. The molecule has 0 amide bonds. The second-order valence-corrected chi connectivity index (χ2v) is 6.24. The van der Waals surface area contributed by atoms with Crippen LogP contribution in [0, 0.1) is 6.92 Å². The lowest BCUT2D eigenvalue weighted by atomic mass is 9.95. The van der Waals surface area contributed by atoms with E-state index in [-0.39, 0.29) is 6.04 Å². The molecule has 2 aromatic carbocycles. The molecular weight excluding hydrogens is 305 g/mol. The van der Waals surface area contributed by atoms with Crippen LogP contribution in [0.15, 0.2) is 30.3 Å². The Hall–Kier alpha value is -1.22. The van der Waals surface area contributed by atoms with Crippen molar-refractivity contribution in [2.75, 3.05) is 13.7 Å². The maximum absolute atomic E-state index is 6.27. The number of benzene rings is 2. The van der Waals surface area contributed by atoms with E-state index in [1.54, 1.807) is 0 Å². The summed E-state index contributed by atoms with van der Waals surface area (Å²) < 4.78 is 5.82. The number of aryl methyl sites for hydroxylation is 1. The quantitative estimate of drug-likeness (QED) is 0.895. The Morgan fingerprint density at radius 3 is 2.57 bits per heavy atom. The van der Waals surface area contributed by atoms with Gasteiger partial charge in [-0.2, -0.15) is 0 Å². The van der Waals surface area contributed by atoms with E-state index in [0.29, 0.717) is 6.61 Å². The minimum absolute atomic E-state index is 0.00736. The van der Waals surface area contributed by atoms with Crippen LogP contribution in [0.5, 0.6) is 5.75 Å². The SMILES string of the molecule is CNC(c1cc(C)cc(Cl)c1)c1cc(Cl)cc2c1OCC2. The summed E-state index contributed by atoms with van der Waals surface area (Å²) in [5.74, 6) is 0.955. The molecule has 110 valence electrons. The summed E-state index contributed by atoms with van der Waals surface area (Å²) in [6.07, 6.45) is 0.911. The predicted molar refractivity (Wildman–Crippen MR) is 87.7 cm³/mol. The first-order valence-corrected chi connectivity index (χ1v) is 7.73. The Bertz CT molecular complexity index is 664. The molecule has 1 aliphatic heterocycles. The van der Waals surface area contributed by atoms with Crippen LogP contribution in [-0.2, 0) is 6.42 Å². The van der Waals surface area contributed by atoms with Gasteiger partial charge in [0.05, 0.1) is 12.6 Å². The highest BCUT2D eigenvalue weighted by molar-refractivity contribution is 6.31. The van der Waals surface area contributed by atoms with Crippen LogP contribution in [0.1, 0.15) is 28.3 Å². The average molecular weight is 322 g/mol. The van der Waals surface area contributed by atoms with Crippen LogP contribution < -0.4 is 10.1 Å². The lowest BCUT2D eigenvalue weighted by molar-refractivity contribution is 0.351. The van der Waals surface area contributed by atoms with Gasteiger partial charge in [0.1, 0.15) is 5.75 Å². The van der Waals surface area contributed by atoms with Gasteiger partial charge in [0.15, 0.2) is 0 Å². The van der Waals surface area contributed by atoms with E-state index >= 15 is 0 Å². The van der Waals surface area contributed by atoms with E-state index in [1.807, 2.05) is 38.2 Å². The molecule has 21 heavy (non-hydrogen) atoms. The minimum atomic E-state index is 0.00736. The standard InChI is InChI=1S/C17H17Cl2NO/c1-10-5-12(8-13(18)6-10)16(20-2)15-9-14(19)7-11-3-4-21-17(11)15/h5-9,16,20H,3-4H2,1-2H3. The maximum Gasteiger partial charge on any atom is 0.127 e. The summed E-state index contributed by atoms with van der Waals surface area (Å²) in [6, 6.07) is 10.0. The summed E-state index contributed by atoms with van der Waals surface area (Å²) in [7, 11) is 1.93. The van der Waals surface area contributed by atoms with Gasteiger partial charge in [-0.15, -0.1) is 0 Å². The first-order valence-electron chi connectivity index (χ1n) is 6.98. The van der Waals surface area contributed by atoms with E-state index in [4.69, 9.17) is 27.9 Å². The molecule has 1 aliphatic rings. The second-order valence-electron chi connectivity index (χ2n) is 5.37. The molecule has 1 unspecified atom stereocenters. The van der Waals surface area contributed by atoms with E-state index < -0.39 is 0 Å². The number of hydrogen-bond acceptors (Lipinski definition) is 2. The van der Waals surface area contributed by atoms with E-state index in [9.17, 15) is 0 Å². The van der Waals surface area contributed by atoms with Gasteiger partial charge in [-0.05, 0) is 54.9 Å². The third-order valence-electron chi connectivity index (χ3n) is 3.77. The molecule has 0 fully saturated rings. The molecule has 1 atom stereocenters. The van der Waals surface area contributed by atoms with Gasteiger partial charge in [-0.3, -0.25) is 0 Å². The van der Waals surface area contributed by atoms with Crippen LogP contribution >= 0.6 is 23.2 Å². The molecule has 0 saturated heterocycles. The Balaban J connectivity index is 2.12. The summed E-state index contributed by atoms with van der Waals surface area (Å²) in [6.45, 7) is 2.76. The van der Waals surface area contributed by atoms with Crippen molar-refractivity contribution in [3.8, 4) is 5.75 Å². The summed E-state index contributed by atoms with van der Waals surface area (Å²) in [5, 5.41) is 4.83. The van der Waals surface area contributed by atoms with Crippen molar-refractivity contribution >= 4 is 23.2 Å². The number of rotatable bonds is 3. The van der Waals surface area contributed by atoms with Crippen LogP contribution in [0.3, 0.4) is 0 Å². The molecule has 0 radical (unpaired) electrons. The van der Waals surface area contributed by atoms with Gasteiger partial charge in [0, 0.05) is 22.0 Å². The zero-order valence-electron chi connectivity index (χ0n) is 12.0. The van der Waals surface area contributed by atoms with Gasteiger partial charge in [0.2, 0.25) is 0 Å². The molecule has 0 spiro atoms. The number of nitrogens with one attached hydrogen (secondary N) is 1. The molecule has 0 saturated carbocycles. The topological polar surface area (TPSA) is 21.3 Å². The van der Waals surface area contributed by atoms with Crippen molar-refractivity contribution in [1.29, 1.82) is 0 Å². The van der Waals surface area contributed by atoms with E-state index in [1.165, 1.54) is 5.56 Å². The second kappa shape index (κ2) is 5.88. The van der Waals surface area contributed by atoms with Gasteiger partial charge in [0.25, 0.3) is 0 Å². The van der Waals surface area contributed by atoms with Crippen LogP contribution in [0.4, 0.5) is 0 Å². The Morgan fingerprint density at radius 1 is 1.10 bits per heavy atom. The van der Waals surface area contributed by atoms with E-state index in [2.05, 4.69) is 11.4 Å². The van der Waals surface area contributed by atoms with Crippen LogP contribution in [0.25, 0.3) is 0 Å². The monoisotopic (exact) mass is 321 g/mol. The largest absolute Gasteiger partial charge is 0.493 e. The minimum Gasteiger partial charge on any atom is -0.493 e. The van der Waals surface area contributed by atoms with Gasteiger partial charge in [-0.1, -0.05) is 29.3 Å². The smallest absolute Gasteiger partial charge is 0.127 e. The molecule has 0 aliphatic carbocycles. The highest BCUT2D eigenvalue weighted by atomic mass is 35.5. The molecule has 0 aromatic heterocycles. The van der Waals surface area contributed by atoms with Crippen molar-refractivity contribution in [2.45, 2.75) is 19.4 Å². The summed E-state index contributed by atoms with van der Waals surface area (Å²) in [4.78, 5) is 0. The van der Waals surface area contributed by atoms with Crippen molar-refractivity contribution in [3.05, 3.63) is 62.6 Å². The normalized spacial score (nSPS) is 14.7. The number of hydrogen-bond donors (Lipinski definition) is 1. The van der Waals surface area contributed by atoms with Crippen molar-refractivity contribution in [1.82, 2.24) is 5.32 Å². The molecule has 2 aromatic rings. The number of ether oxygens (including phenoxy) is 1. The fraction of sp³-hybridized carbons (Fsp3) is 0.294. The summed E-state index contributed by atoms with van der Waals surface area (Å²) in [5.41, 5.74) is 4.50. The zero-order valence-corrected chi connectivity index (χ0v) is 13.6. The Morgan fingerprint density at radius 2 is 1.86 bits per heavy atom. The van der Waals surface area contributed by atoms with Gasteiger partial charge < -0.3 is 10.1 Å². The summed E-state index contributed by atoms with van der Waals surface area (Å²) >= 11 is 12.5. The third kappa shape index (κ3) is 2.89. The molecule has 0 bridgehead atoms. The highest BCUT2D eigenvalue weighted by Gasteiger charge is 2.24. The van der Waals surface area contributed by atoms with Crippen molar-refractivity contribution in [3.63, 3.8) is 0 Å².